The molecule has 4 aliphatic heterocycles. The number of hydrogen-bond donors (Lipinski definition) is 0. The number of methoxy groups -OCH3 is 2. The third-order valence-corrected chi connectivity index (χ3v) is 30.2. The van der Waals surface area contributed by atoms with E-state index in [2.05, 4.69) is 0 Å². The van der Waals surface area contributed by atoms with Crippen LogP contribution < -0.4 is 9.80 Å². The Morgan fingerprint density at radius 2 is 0.593 bits per heavy atom. The first kappa shape index (κ1) is 115. The fourth-order valence-corrected chi connectivity index (χ4v) is 21.2. The van der Waals surface area contributed by atoms with Crippen molar-refractivity contribution in [2.24, 2.45) is 0 Å². The van der Waals surface area contributed by atoms with Crippen LogP contribution in [0.5, 0.6) is 0 Å². The van der Waals surface area contributed by atoms with E-state index in [-0.39, 0.29) is 116 Å². The Balaban J connectivity index is 0.000000369. The average Bonchev–Trinajstić information content (AvgIpc) is 1.59. The van der Waals surface area contributed by atoms with Crippen molar-refractivity contribution in [1.29, 1.82) is 0 Å². The molecule has 0 amide bonds. The number of allylic oxidation sites excluding steroid dienone is 8. The summed E-state index contributed by atoms with van der Waals surface area (Å²) in [7, 11) is -35.3. The molecule has 4 aromatic rings. The molecule has 0 saturated carbocycles. The van der Waals surface area contributed by atoms with Crippen LogP contribution in [0, 0.1) is 0 Å². The van der Waals surface area contributed by atoms with Gasteiger partial charge in [-0.2, -0.15) is 9.15 Å². The summed E-state index contributed by atoms with van der Waals surface area (Å²) < 4.78 is 342. The van der Waals surface area contributed by atoms with Crippen LogP contribution in [0.1, 0.15) is 167 Å². The zero-order chi connectivity index (χ0) is 100. The summed E-state index contributed by atoms with van der Waals surface area (Å²) in [5.74, 6) is -2.83. The molecule has 47 heteroatoms. The molecular formula is C88H122N4O35S8-6. The van der Waals surface area contributed by atoms with E-state index >= 15 is 0 Å². The van der Waals surface area contributed by atoms with Crippen molar-refractivity contribution in [1.82, 2.24) is 0 Å². The van der Waals surface area contributed by atoms with Crippen molar-refractivity contribution in [2.75, 3.05) is 179 Å². The lowest BCUT2D eigenvalue weighted by atomic mass is 9.75. The van der Waals surface area contributed by atoms with Gasteiger partial charge in [-0.3, -0.25) is 0 Å². The summed E-state index contributed by atoms with van der Waals surface area (Å²) >= 11 is 0. The van der Waals surface area contributed by atoms with E-state index in [0.29, 0.717) is 198 Å². The molecule has 4 aliphatic rings. The van der Waals surface area contributed by atoms with Crippen molar-refractivity contribution >= 4 is 127 Å². The number of hydrogen-bond acceptors (Lipinski definition) is 37. The second-order valence-corrected chi connectivity index (χ2v) is 45.4. The number of benzene rings is 4. The minimum absolute atomic E-state index is 0.0122. The Morgan fingerprint density at radius 3 is 0.859 bits per heavy atom. The van der Waals surface area contributed by atoms with Crippen molar-refractivity contribution in [2.45, 2.75) is 186 Å². The number of ether oxygens (including phenoxy) is 9. The van der Waals surface area contributed by atoms with Gasteiger partial charge in [-0.1, -0.05) is 12.2 Å². The maximum Gasteiger partial charge on any atom is 0.209 e. The molecular weight excluding hydrogens is 1930 g/mol. The van der Waals surface area contributed by atoms with Gasteiger partial charge in [-0.05, 0) is 203 Å². The van der Waals surface area contributed by atoms with Crippen LogP contribution in [0.2, 0.25) is 0 Å². The molecule has 0 N–H and O–H groups in total. The van der Waals surface area contributed by atoms with Crippen molar-refractivity contribution < 1.29 is 165 Å². The number of carbonyl (C=O) groups is 2. The van der Waals surface area contributed by atoms with Gasteiger partial charge in [-0.15, -0.1) is 0 Å². The van der Waals surface area contributed by atoms with Crippen LogP contribution in [0.3, 0.4) is 0 Å². The zero-order valence-electron chi connectivity index (χ0n) is 77.0. The first-order chi connectivity index (χ1) is 63.1. The van der Waals surface area contributed by atoms with Crippen LogP contribution >= 0.6 is 0 Å². The Morgan fingerprint density at radius 1 is 0.333 bits per heavy atom. The number of Topliss-reactive ketones (excluding diaryl/α,β-unsaturated/α-hetero) is 2. The van der Waals surface area contributed by atoms with E-state index in [9.17, 15) is 113 Å². The Hall–Kier alpha value is -6.96. The van der Waals surface area contributed by atoms with Gasteiger partial charge in [0.05, 0.1) is 177 Å². The maximum atomic E-state index is 12.3. The third-order valence-electron chi connectivity index (χ3n) is 23.8. The monoisotopic (exact) mass is 2050 g/mol. The quantitative estimate of drug-likeness (QED) is 0.0240. The number of unbranched alkanes of at least 4 members (excludes halogenated alkanes) is 4. The van der Waals surface area contributed by atoms with Crippen LogP contribution in [0.15, 0.2) is 140 Å². The molecule has 135 heavy (non-hydrogen) atoms. The predicted octanol–water partition coefficient (Wildman–Crippen LogP) is 7.15. The second-order valence-electron chi connectivity index (χ2n) is 33.8. The van der Waals surface area contributed by atoms with Gasteiger partial charge in [0.25, 0.3) is 0 Å². The molecule has 4 unspecified atom stereocenters. The number of fused-ring (bicyclic) bond motifs is 4. The van der Waals surface area contributed by atoms with E-state index < -0.39 is 145 Å². The molecule has 39 nitrogen and oxygen atoms in total. The highest BCUT2D eigenvalue weighted by Gasteiger charge is 2.51. The molecule has 0 fully saturated rings. The summed E-state index contributed by atoms with van der Waals surface area (Å²) in [5.41, 5.74) is 1.01. The molecule has 0 bridgehead atoms. The van der Waals surface area contributed by atoms with Gasteiger partial charge >= 0.3 is 0 Å². The van der Waals surface area contributed by atoms with Crippen LogP contribution in [-0.4, -0.2) is 305 Å². The van der Waals surface area contributed by atoms with Gasteiger partial charge in [0.15, 0.2) is 11.4 Å². The second kappa shape index (κ2) is 51.5. The van der Waals surface area contributed by atoms with Crippen molar-refractivity contribution in [3.8, 4) is 0 Å². The van der Waals surface area contributed by atoms with E-state index in [1.807, 2.05) is 19.0 Å². The lowest BCUT2D eigenvalue weighted by Crippen LogP contribution is -2.32. The normalized spacial score (nSPS) is 19.5. The van der Waals surface area contributed by atoms with E-state index in [0.717, 1.165) is 0 Å². The molecule has 758 valence electrons. The molecule has 4 atom stereocenters. The summed E-state index contributed by atoms with van der Waals surface area (Å²) in [6.45, 7) is 16.1. The van der Waals surface area contributed by atoms with Gasteiger partial charge in [0, 0.05) is 145 Å². The molecule has 4 aromatic carbocycles. The summed E-state index contributed by atoms with van der Waals surface area (Å²) in [6.07, 6.45) is 14.2. The van der Waals surface area contributed by atoms with Crippen molar-refractivity contribution in [3.63, 3.8) is 0 Å². The van der Waals surface area contributed by atoms with Gasteiger partial charge in [0.2, 0.25) is 11.4 Å². The third kappa shape index (κ3) is 35.1. The van der Waals surface area contributed by atoms with Crippen LogP contribution in [0.25, 0.3) is 0 Å². The number of ketones is 2. The SMILES string of the molecule is COCCOCCOCCOCCN1/C(=C/C=C/C2=[N+](CCCCCC(C)=O)c3ccc(S(=O)(=O)[O-])cc3C2(C)CCCS(=O)(=O)[O-])C(C)(CCCS(=O)(=O)[O-])c2cc(S(=O)(=O)[O-])ccc21.COCCOCCOCCOCCOCCN1/C(=C/C=C/C2=[N+](CCCCCC(C)=O)c3ccc(S(=O)(=O)[O-])cc3C2(C)CCCS(=O)(=O)[O-])C(C)(CCCS(=O)(=O)[O-])c2cc(S(=O)(=O)[O-])ccc21. The fourth-order valence-electron chi connectivity index (χ4n) is 17.2. The minimum Gasteiger partial charge on any atom is -0.748 e. The molecule has 4 heterocycles. The number of carbonyl (C=O) groups excluding carboxylic acids is 2. The Bertz CT molecular complexity index is 5930. The zero-order valence-corrected chi connectivity index (χ0v) is 83.6. The Labute approximate surface area is 793 Å². The lowest BCUT2D eigenvalue weighted by molar-refractivity contribution is -0.438. The summed E-state index contributed by atoms with van der Waals surface area (Å²) in [6, 6.07) is 15.6. The number of rotatable bonds is 63. The number of nitrogens with zero attached hydrogens (tertiary/aromatic N) is 4. The molecule has 0 saturated heterocycles. The topological polar surface area (TPSA) is 587 Å². The first-order valence-electron chi connectivity index (χ1n) is 43.9. The van der Waals surface area contributed by atoms with Crippen molar-refractivity contribution in [3.05, 3.63) is 143 Å². The van der Waals surface area contributed by atoms with E-state index in [1.54, 1.807) is 78.4 Å². The predicted molar refractivity (Wildman–Crippen MR) is 489 cm³/mol. The molecule has 0 spiro atoms. The smallest absolute Gasteiger partial charge is 0.209 e. The molecule has 8 rings (SSSR count). The summed E-state index contributed by atoms with van der Waals surface area (Å²) in [4.78, 5) is 25.0. The summed E-state index contributed by atoms with van der Waals surface area (Å²) in [5, 5.41) is 0. The van der Waals surface area contributed by atoms with Crippen LogP contribution in [-0.2, 0) is 155 Å². The van der Waals surface area contributed by atoms with Gasteiger partial charge in [0.1, 0.15) is 65.1 Å². The molecule has 0 radical (unpaired) electrons. The highest BCUT2D eigenvalue weighted by Crippen LogP contribution is 2.54. The molecule has 0 aliphatic carbocycles. The average molecular weight is 2050 g/mol. The first-order valence-corrected chi connectivity index (χ1v) is 55.9. The van der Waals surface area contributed by atoms with E-state index in [4.69, 9.17) is 42.6 Å². The Kier molecular flexibility index (Phi) is 43.8. The standard InChI is InChI=1S/C45H66N2O18S4.C43H62N2O17S4/c1-35(48)11-6-5-7-20-46-40-16-14-36(68(55,56)57)33-38(40)44(2,18-9-31-66(49,50)51)42(46)12-8-13-43-45(3,19-10-32-67(52,53)54)39-34-37(69(58,59)60)15-17-41(39)47(43)21-22-62-25-26-64-29-30-65-28-27-63-24-23-61-4;1-33(46)11-6-5-7-20-44-38-16-14-34(65(53,54)55)31-36(38)42(2,18-9-29-63(47,48)49)40(44)12-8-13-41-43(3,19-10-30-64(50,51)52)37-32-35(66(56,57)58)15-17-39(37)45(41)21-22-60-25-26-62-28-27-61-24-23-59-4/h8,12-17,33-34H,5-7,9-11,18-32H2,1-4H3,(H3-,49,50,51,52,53,54,55,56,57,58,59,60);8,12-17,31-32H,5-7,9-11,18-30H2,1-4H3,(H3-,47,48,49,50,51,52,53,54,55,56,57,58)/p-6. The van der Waals surface area contributed by atoms with E-state index in [1.165, 1.54) is 86.6 Å². The van der Waals surface area contributed by atoms with Gasteiger partial charge < -0.3 is 98.4 Å². The lowest BCUT2D eigenvalue weighted by Gasteiger charge is -2.31. The maximum absolute atomic E-state index is 12.3. The van der Waals surface area contributed by atoms with Gasteiger partial charge in [-0.25, -0.2) is 67.3 Å². The fraction of sp³-hybridized carbons (Fsp3) is 0.591. The van der Waals surface area contributed by atoms with Crippen LogP contribution in [0.4, 0.5) is 22.7 Å². The highest BCUT2D eigenvalue weighted by molar-refractivity contribution is 7.87. The number of anilines is 2. The highest BCUT2D eigenvalue weighted by atomic mass is 32.2. The molecule has 0 aromatic heterocycles. The largest absolute Gasteiger partial charge is 0.748 e. The minimum atomic E-state index is -4.96.